The Kier molecular flexibility index (Phi) is 11.6. The first-order chi connectivity index (χ1) is 17.0. The molecule has 35 heavy (non-hydrogen) atoms. The third-order valence-corrected chi connectivity index (χ3v) is 7.17. The van der Waals surface area contributed by atoms with E-state index in [1.165, 1.54) is 32.1 Å². The van der Waals surface area contributed by atoms with Crippen LogP contribution in [0, 0.1) is 6.92 Å². The van der Waals surface area contributed by atoms with Crippen LogP contribution in [0.5, 0.6) is 5.75 Å². The predicted octanol–water partition coefficient (Wildman–Crippen LogP) is 8.96. The molecule has 1 N–H and O–H groups in total. The fraction of sp³-hybridized carbons (Fsp3) is 0.367. The molecule has 2 nitrogen and oxygen atoms in total. The van der Waals surface area contributed by atoms with Gasteiger partial charge in [0.1, 0.15) is 5.75 Å². The maximum absolute atomic E-state index is 11.6. The molecule has 0 amide bonds. The predicted molar refractivity (Wildman–Crippen MR) is 147 cm³/mol. The Morgan fingerprint density at radius 1 is 0.829 bits per heavy atom. The molecule has 0 aromatic heterocycles. The van der Waals surface area contributed by atoms with E-state index in [0.717, 1.165) is 40.7 Å². The Labute approximate surface area is 229 Å². The molecule has 3 aromatic carbocycles. The Bertz CT molecular complexity index is 1020. The van der Waals surface area contributed by atoms with E-state index in [1.807, 2.05) is 18.3 Å². The molecule has 4 rings (SSSR count). The number of benzene rings is 3. The van der Waals surface area contributed by atoms with E-state index >= 15 is 0 Å². The molecule has 0 bridgehead atoms. The number of hydrogen-bond donors (Lipinski definition) is 1. The van der Waals surface area contributed by atoms with Crippen LogP contribution in [0.3, 0.4) is 0 Å². The number of rotatable bonds is 5. The van der Waals surface area contributed by atoms with Gasteiger partial charge in [0.2, 0.25) is 0 Å². The summed E-state index contributed by atoms with van der Waals surface area (Å²) in [7, 11) is 9.87. The van der Waals surface area contributed by atoms with Gasteiger partial charge in [-0.25, -0.2) is 0 Å². The fourth-order valence-corrected chi connectivity index (χ4v) is 5.06. The molecule has 184 valence electrons. The number of aliphatic imine (C=N–C) groups is 1. The maximum atomic E-state index is 11.6. The van der Waals surface area contributed by atoms with E-state index in [-0.39, 0.29) is 0 Å². The number of phenolic OH excluding ortho intramolecular Hbond substituents is 1. The van der Waals surface area contributed by atoms with Crippen molar-refractivity contribution in [2.45, 2.75) is 70.3 Å². The van der Waals surface area contributed by atoms with E-state index in [2.05, 4.69) is 74.5 Å². The molecule has 3 aromatic rings. The molecule has 0 radical (unpaired) electrons. The summed E-state index contributed by atoms with van der Waals surface area (Å²) >= 11 is -0.826. The molecule has 1 aliphatic rings. The normalized spacial score (nSPS) is 15.1. The molecule has 0 heterocycles. The second-order valence-corrected chi connectivity index (χ2v) is 13.1. The minimum absolute atomic E-state index is 0.342. The molecular weight excluding hydrogens is 552 g/mol. The number of hydrogen-bond acceptors (Lipinski definition) is 2. The SMILES string of the molecule is Cc1ccc(C(C)(c2ccccc2)c2ccccc2)c(O)c1C=NC1CCCCCCC1.[Cl][Zr][Cl]. The van der Waals surface area contributed by atoms with Gasteiger partial charge in [-0.15, -0.1) is 0 Å². The summed E-state index contributed by atoms with van der Waals surface area (Å²) in [5, 5.41) is 11.6. The Morgan fingerprint density at radius 2 is 1.31 bits per heavy atom. The van der Waals surface area contributed by atoms with Crippen LogP contribution in [0.2, 0.25) is 0 Å². The number of halogens is 2. The van der Waals surface area contributed by atoms with Gasteiger partial charge in [-0.3, -0.25) is 4.99 Å². The van der Waals surface area contributed by atoms with Gasteiger partial charge in [0.15, 0.2) is 0 Å². The molecule has 0 aliphatic heterocycles. The van der Waals surface area contributed by atoms with Crippen LogP contribution in [0.1, 0.15) is 79.7 Å². The van der Waals surface area contributed by atoms with E-state index in [1.54, 1.807) is 0 Å². The summed E-state index contributed by atoms with van der Waals surface area (Å²) in [6.45, 7) is 4.27. The third-order valence-electron chi connectivity index (χ3n) is 7.17. The first kappa shape index (κ1) is 28.2. The molecule has 0 spiro atoms. The summed E-state index contributed by atoms with van der Waals surface area (Å²) in [5.74, 6) is 0.342. The van der Waals surface area contributed by atoms with Gasteiger partial charge in [-0.1, -0.05) is 105 Å². The van der Waals surface area contributed by atoms with Gasteiger partial charge < -0.3 is 5.11 Å². The van der Waals surface area contributed by atoms with Crippen molar-refractivity contribution in [1.29, 1.82) is 0 Å². The second kappa shape index (κ2) is 14.4. The fourth-order valence-electron chi connectivity index (χ4n) is 5.06. The van der Waals surface area contributed by atoms with Crippen molar-refractivity contribution in [3.05, 3.63) is 101 Å². The van der Waals surface area contributed by atoms with Crippen molar-refractivity contribution < 1.29 is 26.0 Å². The second-order valence-electron chi connectivity index (χ2n) is 9.40. The molecule has 0 unspecified atom stereocenters. The summed E-state index contributed by atoms with van der Waals surface area (Å²) in [4.78, 5) is 4.96. The average Bonchev–Trinajstić information content (AvgIpc) is 2.86. The summed E-state index contributed by atoms with van der Waals surface area (Å²) < 4.78 is 0. The van der Waals surface area contributed by atoms with Crippen molar-refractivity contribution in [1.82, 2.24) is 0 Å². The molecule has 1 saturated carbocycles. The van der Waals surface area contributed by atoms with Crippen LogP contribution in [-0.2, 0) is 26.3 Å². The van der Waals surface area contributed by atoms with Gasteiger partial charge in [0.05, 0.1) is 0 Å². The zero-order valence-corrected chi connectivity index (χ0v) is 24.7. The monoisotopic (exact) mass is 585 g/mol. The minimum atomic E-state index is -0.826. The quantitative estimate of drug-likeness (QED) is 0.235. The molecule has 0 saturated heterocycles. The van der Waals surface area contributed by atoms with Gasteiger partial charge >= 0.3 is 37.9 Å². The molecule has 5 heteroatoms. The Hall–Kier alpha value is -1.41. The van der Waals surface area contributed by atoms with Gasteiger partial charge in [-0.2, -0.15) is 0 Å². The zero-order valence-electron chi connectivity index (χ0n) is 20.7. The molecule has 1 aliphatic carbocycles. The standard InChI is InChI=1S/C30H35NO.2ClH.Zr/c1-23-20-21-28(29(32)27(23)22-31-26-18-12-4-3-5-13-19-26)30(2,24-14-8-6-9-15-24)25-16-10-7-11-17-25;;;/h6-11,14-17,20-22,26,32H,3-5,12-13,18-19H2,1-2H3;2*1H;/q;;;+2/p-2. The van der Waals surface area contributed by atoms with Crippen molar-refractivity contribution >= 4 is 23.2 Å². The summed E-state index contributed by atoms with van der Waals surface area (Å²) in [6.07, 6.45) is 10.8. The zero-order chi connectivity index (χ0) is 25.1. The van der Waals surface area contributed by atoms with Gasteiger partial charge in [0.25, 0.3) is 0 Å². The average molecular weight is 588 g/mol. The van der Waals surface area contributed by atoms with Crippen LogP contribution in [-0.4, -0.2) is 17.4 Å². The van der Waals surface area contributed by atoms with E-state index in [0.29, 0.717) is 11.8 Å². The van der Waals surface area contributed by atoms with Crippen molar-refractivity contribution in [2.24, 2.45) is 4.99 Å². The number of phenols is 1. The van der Waals surface area contributed by atoms with Crippen molar-refractivity contribution in [2.75, 3.05) is 0 Å². The van der Waals surface area contributed by atoms with Crippen molar-refractivity contribution in [3.63, 3.8) is 0 Å². The van der Waals surface area contributed by atoms with Gasteiger partial charge in [-0.05, 0) is 43.4 Å². The van der Waals surface area contributed by atoms with E-state index < -0.39 is 26.3 Å². The third kappa shape index (κ3) is 7.31. The first-order valence-electron chi connectivity index (χ1n) is 12.5. The van der Waals surface area contributed by atoms with Crippen LogP contribution in [0.25, 0.3) is 0 Å². The topological polar surface area (TPSA) is 32.6 Å². The Balaban J connectivity index is 0.00000108. The first-order valence-corrected chi connectivity index (χ1v) is 18.8. The van der Waals surface area contributed by atoms with E-state index in [9.17, 15) is 5.11 Å². The van der Waals surface area contributed by atoms with E-state index in [4.69, 9.17) is 22.0 Å². The molecular formula is C30H35Cl2NOZr. The summed E-state index contributed by atoms with van der Waals surface area (Å²) in [6, 6.07) is 25.5. The van der Waals surface area contributed by atoms with Crippen LogP contribution >= 0.6 is 17.0 Å². The van der Waals surface area contributed by atoms with Gasteiger partial charge in [0, 0.05) is 28.8 Å². The number of aryl methyl sites for hydroxylation is 1. The summed E-state index contributed by atoms with van der Waals surface area (Å²) in [5.41, 5.74) is 4.68. The Morgan fingerprint density at radius 3 is 1.83 bits per heavy atom. The molecule has 1 fully saturated rings. The van der Waals surface area contributed by atoms with Crippen LogP contribution in [0.4, 0.5) is 0 Å². The number of nitrogens with zero attached hydrogens (tertiary/aromatic N) is 1. The molecule has 0 atom stereocenters. The van der Waals surface area contributed by atoms with Crippen LogP contribution in [0.15, 0.2) is 77.8 Å². The van der Waals surface area contributed by atoms with Crippen molar-refractivity contribution in [3.8, 4) is 5.75 Å². The number of aromatic hydroxyl groups is 1. The van der Waals surface area contributed by atoms with Crippen LogP contribution < -0.4 is 0 Å².